The monoisotopic (exact) mass is 802 g/mol. The van der Waals surface area contributed by atoms with Gasteiger partial charge in [0.2, 0.25) is 0 Å². The highest BCUT2D eigenvalue weighted by Crippen LogP contribution is 2.63. The SMILES string of the molecule is c1ccc(-c2nc(-c3ccccc3)nc(-c3ccc(-n4c5ccccc5c5cc6c(cc54)C4(c5ccccc5-c5ccccc54)c4ccccc4-6)c4oc5ccccc5c34)n2)cc1. The number of hydrogen-bond acceptors (Lipinski definition) is 4. The van der Waals surface area contributed by atoms with E-state index < -0.39 is 5.41 Å². The van der Waals surface area contributed by atoms with Crippen LogP contribution in [0.3, 0.4) is 0 Å². The van der Waals surface area contributed by atoms with Gasteiger partial charge in [0.25, 0.3) is 0 Å². The molecule has 0 aliphatic heterocycles. The van der Waals surface area contributed by atoms with Gasteiger partial charge in [-0.3, -0.25) is 0 Å². The molecule has 0 saturated carbocycles. The Kier molecular flexibility index (Phi) is 6.97. The van der Waals surface area contributed by atoms with Crippen molar-refractivity contribution in [1.82, 2.24) is 19.5 Å². The Labute approximate surface area is 362 Å². The number of furan rings is 1. The van der Waals surface area contributed by atoms with E-state index in [0.29, 0.717) is 17.5 Å². The summed E-state index contributed by atoms with van der Waals surface area (Å²) in [6.45, 7) is 0. The van der Waals surface area contributed by atoms with Crippen LogP contribution in [0, 0.1) is 0 Å². The number of fused-ring (bicyclic) bond motifs is 16. The molecule has 63 heavy (non-hydrogen) atoms. The Hall–Kier alpha value is -8.41. The fourth-order valence-electron chi connectivity index (χ4n) is 10.9. The third-order valence-electron chi connectivity index (χ3n) is 13.5. The average Bonchev–Trinajstić information content (AvgIpc) is 4.08. The van der Waals surface area contributed by atoms with Crippen molar-refractivity contribution in [3.63, 3.8) is 0 Å². The van der Waals surface area contributed by atoms with Crippen LogP contribution in [-0.4, -0.2) is 19.5 Å². The maximum atomic E-state index is 7.03. The number of aromatic nitrogens is 4. The summed E-state index contributed by atoms with van der Waals surface area (Å²) in [5.74, 6) is 1.82. The number of nitrogens with zero attached hydrogens (tertiary/aromatic N) is 4. The van der Waals surface area contributed by atoms with E-state index in [1.165, 1.54) is 55.3 Å². The molecule has 12 aromatic rings. The molecule has 2 aliphatic rings. The Morgan fingerprint density at radius 3 is 1.54 bits per heavy atom. The van der Waals surface area contributed by atoms with Gasteiger partial charge in [-0.25, -0.2) is 15.0 Å². The van der Waals surface area contributed by atoms with E-state index in [1.807, 2.05) is 66.7 Å². The standard InChI is InChI=1S/C58H34N4O/c1-3-17-35(18-4-1)55-59-56(36-19-5-2-6-20-36)61-57(60-55)42-31-32-50(54-53(42)41-25-11-16-30-52(41)63-54)62-49-29-15-10-24-40(49)44-33-43-39-23-9-14-28-47(39)58(48(43)34-51(44)62)45-26-12-7-21-37(45)38-22-8-13-27-46(38)58/h1-34H. The van der Waals surface area contributed by atoms with Gasteiger partial charge in [-0.2, -0.15) is 0 Å². The fourth-order valence-corrected chi connectivity index (χ4v) is 10.9. The zero-order chi connectivity index (χ0) is 41.2. The minimum Gasteiger partial charge on any atom is -0.454 e. The van der Waals surface area contributed by atoms with Crippen molar-refractivity contribution in [1.29, 1.82) is 0 Å². The molecule has 0 bridgehead atoms. The normalized spacial score (nSPS) is 13.2. The van der Waals surface area contributed by atoms with Crippen molar-refractivity contribution in [3.05, 3.63) is 229 Å². The van der Waals surface area contributed by atoms with Crippen LogP contribution in [0.15, 0.2) is 211 Å². The summed E-state index contributed by atoms with van der Waals surface area (Å²) in [6.07, 6.45) is 0. The fraction of sp³-hybridized carbons (Fsp3) is 0.0172. The summed E-state index contributed by atoms with van der Waals surface area (Å²) in [5, 5.41) is 4.35. The van der Waals surface area contributed by atoms with Gasteiger partial charge in [0.1, 0.15) is 5.58 Å². The third-order valence-corrected chi connectivity index (χ3v) is 13.5. The van der Waals surface area contributed by atoms with Crippen LogP contribution in [0.2, 0.25) is 0 Å². The number of para-hydroxylation sites is 2. The average molecular weight is 803 g/mol. The van der Waals surface area contributed by atoms with E-state index in [2.05, 4.69) is 144 Å². The first-order valence-corrected chi connectivity index (χ1v) is 21.4. The van der Waals surface area contributed by atoms with E-state index in [1.54, 1.807) is 0 Å². The van der Waals surface area contributed by atoms with Crippen LogP contribution in [0.25, 0.3) is 106 Å². The van der Waals surface area contributed by atoms with Crippen molar-refractivity contribution >= 4 is 43.7 Å². The van der Waals surface area contributed by atoms with Crippen molar-refractivity contribution in [2.24, 2.45) is 0 Å². The number of rotatable bonds is 4. The van der Waals surface area contributed by atoms with E-state index in [0.717, 1.165) is 55.3 Å². The Morgan fingerprint density at radius 1 is 0.365 bits per heavy atom. The van der Waals surface area contributed by atoms with Gasteiger partial charge in [0.15, 0.2) is 23.1 Å². The molecule has 0 atom stereocenters. The van der Waals surface area contributed by atoms with Crippen LogP contribution in [0.4, 0.5) is 0 Å². The molecule has 292 valence electrons. The van der Waals surface area contributed by atoms with Crippen molar-refractivity contribution in [2.45, 2.75) is 5.41 Å². The lowest BCUT2D eigenvalue weighted by atomic mass is 9.70. The summed E-state index contributed by atoms with van der Waals surface area (Å²) in [5.41, 5.74) is 17.4. The topological polar surface area (TPSA) is 56.7 Å². The molecule has 0 N–H and O–H groups in total. The van der Waals surface area contributed by atoms with Crippen LogP contribution in [0.1, 0.15) is 22.3 Å². The van der Waals surface area contributed by atoms with Gasteiger partial charge in [0.05, 0.1) is 22.1 Å². The lowest BCUT2D eigenvalue weighted by Gasteiger charge is -2.30. The second kappa shape index (κ2) is 12.8. The highest BCUT2D eigenvalue weighted by atomic mass is 16.3. The molecular formula is C58H34N4O. The molecule has 0 fully saturated rings. The predicted molar refractivity (Wildman–Crippen MR) is 254 cm³/mol. The van der Waals surface area contributed by atoms with Gasteiger partial charge >= 0.3 is 0 Å². The Morgan fingerprint density at radius 2 is 0.889 bits per heavy atom. The second-order valence-corrected chi connectivity index (χ2v) is 16.6. The third kappa shape index (κ3) is 4.63. The molecular weight excluding hydrogens is 769 g/mol. The maximum absolute atomic E-state index is 7.03. The molecule has 14 rings (SSSR count). The minimum absolute atomic E-state index is 0.473. The molecule has 3 aromatic heterocycles. The minimum atomic E-state index is -0.473. The van der Waals surface area contributed by atoms with Crippen molar-refractivity contribution in [2.75, 3.05) is 0 Å². The van der Waals surface area contributed by atoms with Gasteiger partial charge < -0.3 is 8.98 Å². The lowest BCUT2D eigenvalue weighted by Crippen LogP contribution is -2.25. The first-order chi connectivity index (χ1) is 31.3. The summed E-state index contributed by atoms with van der Waals surface area (Å²) in [7, 11) is 0. The zero-order valence-electron chi connectivity index (χ0n) is 33.8. The van der Waals surface area contributed by atoms with Gasteiger partial charge in [-0.05, 0) is 80.9 Å². The van der Waals surface area contributed by atoms with E-state index in [-0.39, 0.29) is 0 Å². The molecule has 0 unspecified atom stereocenters. The molecule has 5 heteroatoms. The summed E-state index contributed by atoms with van der Waals surface area (Å²) >= 11 is 0. The Bertz CT molecular complexity index is 3760. The van der Waals surface area contributed by atoms with Crippen LogP contribution in [-0.2, 0) is 5.41 Å². The summed E-state index contributed by atoms with van der Waals surface area (Å²) < 4.78 is 9.45. The number of hydrogen-bond donors (Lipinski definition) is 0. The van der Waals surface area contributed by atoms with Crippen molar-refractivity contribution < 1.29 is 4.42 Å². The van der Waals surface area contributed by atoms with Crippen LogP contribution >= 0.6 is 0 Å². The van der Waals surface area contributed by atoms with E-state index >= 15 is 0 Å². The summed E-state index contributed by atoms with van der Waals surface area (Å²) in [6, 6.07) is 73.6. The quantitative estimate of drug-likeness (QED) is 0.178. The van der Waals surface area contributed by atoms with E-state index in [9.17, 15) is 0 Å². The molecule has 5 nitrogen and oxygen atoms in total. The molecule has 3 heterocycles. The van der Waals surface area contributed by atoms with Gasteiger partial charge in [-0.1, -0.05) is 170 Å². The highest BCUT2D eigenvalue weighted by molar-refractivity contribution is 6.17. The van der Waals surface area contributed by atoms with Crippen LogP contribution in [0.5, 0.6) is 0 Å². The highest BCUT2D eigenvalue weighted by Gasteiger charge is 2.51. The second-order valence-electron chi connectivity index (χ2n) is 16.6. The molecule has 1 spiro atoms. The smallest absolute Gasteiger partial charge is 0.164 e. The first-order valence-electron chi connectivity index (χ1n) is 21.4. The molecule has 0 amide bonds. The molecule has 0 saturated heterocycles. The Balaban J connectivity index is 1.07. The van der Waals surface area contributed by atoms with Gasteiger partial charge in [0, 0.05) is 38.2 Å². The van der Waals surface area contributed by atoms with E-state index in [4.69, 9.17) is 19.4 Å². The molecule has 0 radical (unpaired) electrons. The predicted octanol–water partition coefficient (Wildman–Crippen LogP) is 14.2. The number of benzene rings is 9. The largest absolute Gasteiger partial charge is 0.454 e. The van der Waals surface area contributed by atoms with Crippen molar-refractivity contribution in [3.8, 4) is 62.1 Å². The maximum Gasteiger partial charge on any atom is 0.164 e. The molecule has 9 aromatic carbocycles. The van der Waals surface area contributed by atoms with Crippen LogP contribution < -0.4 is 0 Å². The molecule has 2 aliphatic carbocycles. The van der Waals surface area contributed by atoms with Gasteiger partial charge in [-0.15, -0.1) is 0 Å². The zero-order valence-corrected chi connectivity index (χ0v) is 33.8. The summed E-state index contributed by atoms with van der Waals surface area (Å²) in [4.78, 5) is 15.4. The first kappa shape index (κ1) is 34.3. The lowest BCUT2D eigenvalue weighted by molar-refractivity contribution is 0.666.